The molecule has 1 aromatic carbocycles. The molecule has 1 atom stereocenters. The number of hydrogen-bond acceptors (Lipinski definition) is 3. The van der Waals surface area contributed by atoms with Crippen LogP contribution in [0, 0.1) is 0 Å². The van der Waals surface area contributed by atoms with E-state index in [4.69, 9.17) is 4.74 Å². The zero-order valence-electron chi connectivity index (χ0n) is 12.0. The third kappa shape index (κ3) is 2.93. The average molecular weight is 276 g/mol. The fraction of sp³-hybridized carbons (Fsp3) is 0.400. The van der Waals surface area contributed by atoms with Crippen LogP contribution in [0.3, 0.4) is 0 Å². The minimum absolute atomic E-state index is 0.109. The van der Waals surface area contributed by atoms with Crippen molar-refractivity contribution in [3.63, 3.8) is 0 Å². The maximum Gasteiger partial charge on any atom is 0.328 e. The largest absolute Gasteiger partial charge is 0.497 e. The summed E-state index contributed by atoms with van der Waals surface area (Å²) in [5, 5.41) is 10.2. The van der Waals surface area contributed by atoms with Gasteiger partial charge in [0.25, 0.3) is 0 Å². The molecule has 1 N–H and O–H groups in total. The first kappa shape index (κ1) is 14.4. The number of aliphatic hydroxyl groups is 1. The lowest BCUT2D eigenvalue weighted by Crippen LogP contribution is -2.27. The average Bonchev–Trinajstić information content (AvgIpc) is 2.80. The maximum absolute atomic E-state index is 12.1. The van der Waals surface area contributed by atoms with Gasteiger partial charge in [-0.3, -0.25) is 9.13 Å². The van der Waals surface area contributed by atoms with Gasteiger partial charge >= 0.3 is 5.69 Å². The summed E-state index contributed by atoms with van der Waals surface area (Å²) in [6.07, 6.45) is 2.70. The molecule has 20 heavy (non-hydrogen) atoms. The van der Waals surface area contributed by atoms with Gasteiger partial charge in [0.15, 0.2) is 0 Å². The topological polar surface area (TPSA) is 56.4 Å². The maximum atomic E-state index is 12.1. The van der Waals surface area contributed by atoms with E-state index in [1.54, 1.807) is 30.1 Å². The van der Waals surface area contributed by atoms with E-state index in [-0.39, 0.29) is 18.3 Å². The van der Waals surface area contributed by atoms with Crippen LogP contribution in [0.1, 0.15) is 31.6 Å². The van der Waals surface area contributed by atoms with E-state index in [1.807, 2.05) is 32.0 Å². The Balaban J connectivity index is 2.19. The fourth-order valence-corrected chi connectivity index (χ4v) is 2.10. The first-order valence-corrected chi connectivity index (χ1v) is 6.62. The quantitative estimate of drug-likeness (QED) is 0.908. The third-order valence-electron chi connectivity index (χ3n) is 3.28. The van der Waals surface area contributed by atoms with Crippen molar-refractivity contribution in [1.29, 1.82) is 0 Å². The molecule has 0 saturated carbocycles. The molecule has 0 saturated heterocycles. The molecule has 0 aliphatic rings. The van der Waals surface area contributed by atoms with Crippen molar-refractivity contribution in [3.05, 3.63) is 52.7 Å². The van der Waals surface area contributed by atoms with Crippen LogP contribution in [-0.2, 0) is 6.54 Å². The summed E-state index contributed by atoms with van der Waals surface area (Å²) in [5.41, 5.74) is 0.621. The molecule has 0 spiro atoms. The van der Waals surface area contributed by atoms with E-state index in [9.17, 15) is 9.90 Å². The number of aliphatic hydroxyl groups excluding tert-OH is 1. The number of ether oxygens (including phenoxy) is 1. The van der Waals surface area contributed by atoms with Crippen LogP contribution in [0.25, 0.3) is 0 Å². The van der Waals surface area contributed by atoms with E-state index < -0.39 is 6.10 Å². The van der Waals surface area contributed by atoms with Crippen LogP contribution in [0.4, 0.5) is 0 Å². The lowest BCUT2D eigenvalue weighted by Gasteiger charge is -2.12. The molecule has 2 aromatic rings. The molecule has 0 bridgehead atoms. The van der Waals surface area contributed by atoms with Crippen molar-refractivity contribution in [2.45, 2.75) is 32.5 Å². The second-order valence-electron chi connectivity index (χ2n) is 5.03. The Hall–Kier alpha value is -2.01. The Morgan fingerprint density at radius 1 is 1.30 bits per heavy atom. The highest BCUT2D eigenvalue weighted by Gasteiger charge is 2.13. The van der Waals surface area contributed by atoms with Gasteiger partial charge in [0.05, 0.1) is 19.8 Å². The highest BCUT2D eigenvalue weighted by Crippen LogP contribution is 2.20. The van der Waals surface area contributed by atoms with Gasteiger partial charge < -0.3 is 9.84 Å². The van der Waals surface area contributed by atoms with Gasteiger partial charge in [0, 0.05) is 18.4 Å². The molecular formula is C15H20N2O3. The van der Waals surface area contributed by atoms with E-state index in [2.05, 4.69) is 0 Å². The Morgan fingerprint density at radius 3 is 2.65 bits per heavy atom. The normalized spacial score (nSPS) is 12.7. The molecule has 1 heterocycles. The molecule has 2 rings (SSSR count). The molecule has 0 aliphatic heterocycles. The molecule has 5 nitrogen and oxygen atoms in total. The van der Waals surface area contributed by atoms with Gasteiger partial charge in [0.2, 0.25) is 0 Å². The van der Waals surface area contributed by atoms with Gasteiger partial charge in [0.1, 0.15) is 5.75 Å². The van der Waals surface area contributed by atoms with Crippen molar-refractivity contribution in [2.75, 3.05) is 7.11 Å². The first-order valence-electron chi connectivity index (χ1n) is 6.62. The summed E-state index contributed by atoms with van der Waals surface area (Å²) >= 11 is 0. The number of rotatable bonds is 5. The van der Waals surface area contributed by atoms with Crippen LogP contribution in [0.2, 0.25) is 0 Å². The summed E-state index contributed by atoms with van der Waals surface area (Å²) in [5.74, 6) is 0.689. The number of methoxy groups -OCH3 is 1. The minimum atomic E-state index is -0.745. The van der Waals surface area contributed by atoms with Crippen molar-refractivity contribution in [2.24, 2.45) is 0 Å². The Kier molecular flexibility index (Phi) is 4.29. The van der Waals surface area contributed by atoms with Crippen molar-refractivity contribution >= 4 is 0 Å². The molecule has 5 heteroatoms. The summed E-state index contributed by atoms with van der Waals surface area (Å²) in [6.45, 7) is 4.13. The van der Waals surface area contributed by atoms with Gasteiger partial charge in [-0.1, -0.05) is 12.1 Å². The smallest absolute Gasteiger partial charge is 0.328 e. The highest BCUT2D eigenvalue weighted by atomic mass is 16.5. The van der Waals surface area contributed by atoms with E-state index in [1.165, 1.54) is 4.57 Å². The summed E-state index contributed by atoms with van der Waals surface area (Å²) < 4.78 is 8.29. The van der Waals surface area contributed by atoms with Crippen LogP contribution in [-0.4, -0.2) is 21.4 Å². The molecule has 0 fully saturated rings. The molecule has 1 unspecified atom stereocenters. The van der Waals surface area contributed by atoms with Crippen molar-refractivity contribution < 1.29 is 9.84 Å². The first-order chi connectivity index (χ1) is 9.52. The fourth-order valence-electron chi connectivity index (χ4n) is 2.10. The Morgan fingerprint density at radius 2 is 2.05 bits per heavy atom. The molecular weight excluding hydrogens is 256 g/mol. The van der Waals surface area contributed by atoms with Gasteiger partial charge in [-0.2, -0.15) is 0 Å². The number of nitrogens with zero attached hydrogens (tertiary/aromatic N) is 2. The lowest BCUT2D eigenvalue weighted by atomic mass is 10.1. The highest BCUT2D eigenvalue weighted by molar-refractivity contribution is 5.29. The van der Waals surface area contributed by atoms with Crippen LogP contribution in [0.5, 0.6) is 5.75 Å². The Bertz CT molecular complexity index is 628. The summed E-state index contributed by atoms with van der Waals surface area (Å²) in [4.78, 5) is 12.1. The number of benzene rings is 1. The second kappa shape index (κ2) is 5.96. The zero-order chi connectivity index (χ0) is 14.7. The van der Waals surface area contributed by atoms with Gasteiger partial charge in [-0.05, 0) is 31.5 Å². The van der Waals surface area contributed by atoms with E-state index in [0.717, 1.165) is 5.56 Å². The molecule has 0 radical (unpaired) electrons. The predicted molar refractivity (Wildman–Crippen MR) is 77.0 cm³/mol. The van der Waals surface area contributed by atoms with Crippen molar-refractivity contribution in [1.82, 2.24) is 9.13 Å². The minimum Gasteiger partial charge on any atom is -0.497 e. The predicted octanol–water partition coefficient (Wildman–Crippen LogP) is 1.97. The Labute approximate surface area is 118 Å². The molecule has 0 amide bonds. The summed E-state index contributed by atoms with van der Waals surface area (Å²) in [7, 11) is 1.58. The zero-order valence-corrected chi connectivity index (χ0v) is 12.0. The van der Waals surface area contributed by atoms with Crippen molar-refractivity contribution in [3.8, 4) is 5.75 Å². The number of imidazole rings is 1. The SMILES string of the molecule is COc1cccc(C(O)Cn2ccn(C(C)C)c2=O)c1. The number of hydrogen-bond donors (Lipinski definition) is 1. The van der Waals surface area contributed by atoms with E-state index >= 15 is 0 Å². The van der Waals surface area contributed by atoms with Crippen LogP contribution >= 0.6 is 0 Å². The lowest BCUT2D eigenvalue weighted by molar-refractivity contribution is 0.154. The van der Waals surface area contributed by atoms with Gasteiger partial charge in [-0.25, -0.2) is 4.79 Å². The van der Waals surface area contributed by atoms with Crippen LogP contribution in [0.15, 0.2) is 41.5 Å². The molecule has 0 aliphatic carbocycles. The summed E-state index contributed by atoms with van der Waals surface area (Å²) in [6, 6.07) is 7.34. The van der Waals surface area contributed by atoms with E-state index in [0.29, 0.717) is 5.75 Å². The monoisotopic (exact) mass is 276 g/mol. The molecule has 1 aromatic heterocycles. The number of aromatic nitrogens is 2. The second-order valence-corrected chi connectivity index (χ2v) is 5.03. The molecule has 108 valence electrons. The standard InChI is InChI=1S/C15H20N2O3/c1-11(2)17-8-7-16(15(17)19)10-14(18)12-5-4-6-13(9-12)20-3/h4-9,11,14,18H,10H2,1-3H3. The van der Waals surface area contributed by atoms with Gasteiger partial charge in [-0.15, -0.1) is 0 Å². The third-order valence-corrected chi connectivity index (χ3v) is 3.28. The van der Waals surface area contributed by atoms with Crippen LogP contribution < -0.4 is 10.4 Å².